The van der Waals surface area contributed by atoms with Crippen molar-refractivity contribution in [2.24, 2.45) is 0 Å². The molecule has 35 heavy (non-hydrogen) atoms. The predicted octanol–water partition coefficient (Wildman–Crippen LogP) is 0.234. The number of carbonyl (C=O) groups is 2. The van der Waals surface area contributed by atoms with Gasteiger partial charge in [0.2, 0.25) is 5.78 Å². The molecule has 186 valence electrons. The highest BCUT2D eigenvalue weighted by Crippen LogP contribution is 2.42. The van der Waals surface area contributed by atoms with Crippen LogP contribution in [-0.2, 0) is 9.59 Å². The summed E-state index contributed by atoms with van der Waals surface area (Å²) in [6, 6.07) is 9.11. The minimum Gasteiger partial charge on any atom is -0.872 e. The van der Waals surface area contributed by atoms with E-state index in [0.717, 1.165) is 6.54 Å². The monoisotopic (exact) mass is 482 g/mol. The molecule has 1 N–H and O–H groups in total. The number of nitrogens with zero attached hydrogens (tertiary/aromatic N) is 1. The number of benzene rings is 2. The maximum absolute atomic E-state index is 13.7. The molecule has 1 saturated heterocycles. The molecule has 0 radical (unpaired) electrons. The number of ether oxygens (including phenoxy) is 4. The second-order valence-electron chi connectivity index (χ2n) is 8.76. The average Bonchev–Trinajstić information content (AvgIpc) is 3.12. The summed E-state index contributed by atoms with van der Waals surface area (Å²) in [6.07, 6.45) is 0.677. The van der Waals surface area contributed by atoms with E-state index in [4.69, 9.17) is 18.9 Å². The van der Waals surface area contributed by atoms with Gasteiger partial charge in [0.05, 0.1) is 40.9 Å². The highest BCUT2D eigenvalue weighted by atomic mass is 16.6. The Morgan fingerprint density at radius 1 is 1.03 bits per heavy atom. The maximum Gasteiger partial charge on any atom is 0.295 e. The Hall–Kier alpha value is -3.72. The molecule has 4 rings (SSSR count). The lowest BCUT2D eigenvalue weighted by Gasteiger charge is -2.28. The molecule has 2 aliphatic rings. The molecule has 2 heterocycles. The molecular weight excluding hydrogens is 452 g/mol. The van der Waals surface area contributed by atoms with Crippen molar-refractivity contribution >= 4 is 17.4 Å². The van der Waals surface area contributed by atoms with Gasteiger partial charge in [-0.2, -0.15) is 0 Å². The fourth-order valence-corrected chi connectivity index (χ4v) is 4.41. The Bertz CT molecular complexity index is 1160. The molecule has 9 nitrogen and oxygen atoms in total. The third kappa shape index (κ3) is 4.77. The maximum atomic E-state index is 13.7. The van der Waals surface area contributed by atoms with Crippen molar-refractivity contribution in [1.82, 2.24) is 4.90 Å². The van der Waals surface area contributed by atoms with Crippen molar-refractivity contribution in [3.8, 4) is 23.0 Å². The van der Waals surface area contributed by atoms with Crippen LogP contribution >= 0.6 is 0 Å². The van der Waals surface area contributed by atoms with Gasteiger partial charge < -0.3 is 33.9 Å². The molecule has 0 saturated carbocycles. The number of quaternary nitrogens is 1. The zero-order chi connectivity index (χ0) is 25.1. The van der Waals surface area contributed by atoms with E-state index in [-0.39, 0.29) is 11.1 Å². The largest absolute Gasteiger partial charge is 0.872 e. The number of rotatable bonds is 8. The van der Waals surface area contributed by atoms with E-state index in [2.05, 4.69) is 0 Å². The Labute approximate surface area is 204 Å². The molecule has 1 unspecified atom stereocenters. The SMILES string of the molecule is COc1ccc(C2C(=C([O-])c3ccc4c(c3)OCCO4)C(=O)C(=O)N2CCC[NH+](C)C)cc1OC. The van der Waals surface area contributed by atoms with Gasteiger partial charge in [-0.15, -0.1) is 0 Å². The summed E-state index contributed by atoms with van der Waals surface area (Å²) in [5.41, 5.74) is 0.770. The fraction of sp³-hybridized carbons (Fsp3) is 0.385. The van der Waals surface area contributed by atoms with Crippen molar-refractivity contribution in [1.29, 1.82) is 0 Å². The van der Waals surface area contributed by atoms with Gasteiger partial charge in [0.1, 0.15) is 13.2 Å². The molecule has 0 spiro atoms. The van der Waals surface area contributed by atoms with Gasteiger partial charge in [0.25, 0.3) is 5.91 Å². The number of carbonyl (C=O) groups excluding carboxylic acids is 2. The Kier molecular flexibility index (Phi) is 7.16. The molecule has 0 bridgehead atoms. The number of hydrogen-bond donors (Lipinski definition) is 1. The van der Waals surface area contributed by atoms with E-state index in [1.165, 1.54) is 24.0 Å². The summed E-state index contributed by atoms with van der Waals surface area (Å²) in [6.45, 7) is 1.94. The number of fused-ring (bicyclic) bond motifs is 1. The zero-order valence-electron chi connectivity index (χ0n) is 20.4. The summed E-state index contributed by atoms with van der Waals surface area (Å²) in [5.74, 6) is -0.0547. The smallest absolute Gasteiger partial charge is 0.295 e. The number of Topliss-reactive ketones (excluding diaryl/α,β-unsaturated/α-hetero) is 1. The van der Waals surface area contributed by atoms with Gasteiger partial charge >= 0.3 is 0 Å². The standard InChI is InChI=1S/C26H30N2O7/c1-27(2)10-5-11-28-23(16-6-8-18(32-3)20(14-16)33-4)22(25(30)26(28)31)24(29)17-7-9-19-21(15-17)35-13-12-34-19/h6-9,14-15,23,29H,5,10-13H2,1-4H3. The lowest BCUT2D eigenvalue weighted by atomic mass is 9.94. The lowest BCUT2D eigenvalue weighted by Crippen LogP contribution is -3.05. The van der Waals surface area contributed by atoms with Gasteiger partial charge in [0, 0.05) is 18.5 Å². The first-order chi connectivity index (χ1) is 16.8. The topological polar surface area (TPSA) is 102 Å². The van der Waals surface area contributed by atoms with Crippen LogP contribution in [0.15, 0.2) is 42.0 Å². The quantitative estimate of drug-likeness (QED) is 0.327. The number of amides is 1. The average molecular weight is 483 g/mol. The summed E-state index contributed by atoms with van der Waals surface area (Å²) >= 11 is 0. The van der Waals surface area contributed by atoms with Crippen molar-refractivity contribution in [2.75, 3.05) is 54.6 Å². The second kappa shape index (κ2) is 10.3. The highest BCUT2D eigenvalue weighted by Gasteiger charge is 2.44. The van der Waals surface area contributed by atoms with Crippen LogP contribution < -0.4 is 29.0 Å². The fourth-order valence-electron chi connectivity index (χ4n) is 4.41. The molecule has 1 amide bonds. The first-order valence-corrected chi connectivity index (χ1v) is 11.5. The first-order valence-electron chi connectivity index (χ1n) is 11.5. The Morgan fingerprint density at radius 3 is 2.43 bits per heavy atom. The zero-order valence-corrected chi connectivity index (χ0v) is 20.4. The molecule has 2 aromatic rings. The van der Waals surface area contributed by atoms with Crippen molar-refractivity contribution in [3.63, 3.8) is 0 Å². The van der Waals surface area contributed by atoms with Crippen molar-refractivity contribution in [3.05, 3.63) is 53.1 Å². The molecule has 2 aromatic carbocycles. The van der Waals surface area contributed by atoms with Crippen LogP contribution in [0.1, 0.15) is 23.6 Å². The van der Waals surface area contributed by atoms with Gasteiger partial charge in [0.15, 0.2) is 23.0 Å². The number of ketones is 1. The number of nitrogens with one attached hydrogen (secondary N) is 1. The van der Waals surface area contributed by atoms with E-state index in [0.29, 0.717) is 54.7 Å². The van der Waals surface area contributed by atoms with E-state index in [1.807, 2.05) is 14.1 Å². The number of likely N-dealkylation sites (tertiary alicyclic amines) is 1. The van der Waals surface area contributed by atoms with Crippen molar-refractivity contribution < 1.29 is 38.5 Å². The molecular formula is C26H30N2O7. The van der Waals surface area contributed by atoms with E-state index in [9.17, 15) is 14.7 Å². The van der Waals surface area contributed by atoms with Crippen molar-refractivity contribution in [2.45, 2.75) is 12.5 Å². The highest BCUT2D eigenvalue weighted by molar-refractivity contribution is 6.46. The number of hydrogen-bond acceptors (Lipinski definition) is 7. The Balaban J connectivity index is 1.82. The summed E-state index contributed by atoms with van der Waals surface area (Å²) < 4.78 is 21.9. The first kappa shape index (κ1) is 24.4. The molecule has 1 atom stereocenters. The van der Waals surface area contributed by atoms with E-state index >= 15 is 0 Å². The van der Waals surface area contributed by atoms with Gasteiger partial charge in [-0.3, -0.25) is 9.59 Å². The van der Waals surface area contributed by atoms with Crippen LogP contribution in [-0.4, -0.2) is 71.2 Å². The van der Waals surface area contributed by atoms with Gasteiger partial charge in [-0.1, -0.05) is 17.9 Å². The molecule has 0 aromatic heterocycles. The van der Waals surface area contributed by atoms with Crippen LogP contribution in [0, 0.1) is 0 Å². The minimum atomic E-state index is -0.840. The molecule has 1 fully saturated rings. The predicted molar refractivity (Wildman–Crippen MR) is 126 cm³/mol. The third-order valence-electron chi connectivity index (χ3n) is 6.13. The normalized spacial score (nSPS) is 18.8. The Morgan fingerprint density at radius 2 is 1.74 bits per heavy atom. The van der Waals surface area contributed by atoms with Crippen LogP contribution in [0.4, 0.5) is 0 Å². The molecule has 9 heteroatoms. The minimum absolute atomic E-state index is 0.0869. The van der Waals surface area contributed by atoms with Gasteiger partial charge in [-0.05, 0) is 35.4 Å². The third-order valence-corrected chi connectivity index (χ3v) is 6.13. The van der Waals surface area contributed by atoms with Crippen LogP contribution in [0.3, 0.4) is 0 Å². The van der Waals surface area contributed by atoms with Crippen LogP contribution in [0.5, 0.6) is 23.0 Å². The number of methoxy groups -OCH3 is 2. The molecule has 0 aliphatic carbocycles. The van der Waals surface area contributed by atoms with Crippen LogP contribution in [0.25, 0.3) is 5.76 Å². The summed E-state index contributed by atoms with van der Waals surface area (Å²) in [7, 11) is 7.08. The van der Waals surface area contributed by atoms with Crippen LogP contribution in [0.2, 0.25) is 0 Å². The molecule has 2 aliphatic heterocycles. The summed E-state index contributed by atoms with van der Waals surface area (Å²) in [5, 5.41) is 13.7. The lowest BCUT2D eigenvalue weighted by molar-refractivity contribution is -0.858. The summed E-state index contributed by atoms with van der Waals surface area (Å²) in [4.78, 5) is 29.0. The van der Waals surface area contributed by atoms with Gasteiger partial charge in [-0.25, -0.2) is 0 Å². The van der Waals surface area contributed by atoms with E-state index < -0.39 is 23.5 Å². The second-order valence-corrected chi connectivity index (χ2v) is 8.76. The van der Waals surface area contributed by atoms with E-state index in [1.54, 1.807) is 36.4 Å².